The molecule has 3 heterocycles. The molecule has 0 saturated carbocycles. The van der Waals surface area contributed by atoms with E-state index in [0.29, 0.717) is 5.78 Å². The van der Waals surface area contributed by atoms with Gasteiger partial charge in [-0.1, -0.05) is 0 Å². The molecule has 0 bridgehead atoms. The Morgan fingerprint density at radius 3 is 2.88 bits per heavy atom. The van der Waals surface area contributed by atoms with Crippen molar-refractivity contribution in [1.29, 1.82) is 0 Å². The molecule has 2 aromatic rings. The van der Waals surface area contributed by atoms with E-state index in [1.165, 1.54) is 0 Å². The molecule has 6 nitrogen and oxygen atoms in total. The van der Waals surface area contributed by atoms with E-state index in [4.69, 9.17) is 0 Å². The number of nitrogens with zero attached hydrogens (tertiary/aromatic N) is 5. The molecule has 0 amide bonds. The summed E-state index contributed by atoms with van der Waals surface area (Å²) in [4.78, 5) is 10.9. The van der Waals surface area contributed by atoms with E-state index in [2.05, 4.69) is 25.3 Å². The van der Waals surface area contributed by atoms with Crippen LogP contribution in [-0.4, -0.2) is 50.7 Å². The van der Waals surface area contributed by atoms with Gasteiger partial charge in [0, 0.05) is 38.6 Å². The Labute approximate surface area is 105 Å². The minimum absolute atomic E-state index is 0. The molecule has 0 atom stereocenters. The maximum Gasteiger partial charge on any atom is 0.252 e. The maximum atomic E-state index is 4.39. The first kappa shape index (κ1) is 12.2. The van der Waals surface area contributed by atoms with E-state index in [1.54, 1.807) is 10.7 Å². The highest BCUT2D eigenvalue weighted by atomic mass is 35.5. The van der Waals surface area contributed by atoms with Crippen LogP contribution in [0, 0.1) is 0 Å². The topological polar surface area (TPSA) is 58.4 Å². The van der Waals surface area contributed by atoms with Gasteiger partial charge in [-0.2, -0.15) is 4.98 Å². The lowest BCUT2D eigenvalue weighted by atomic mass is 10.3. The van der Waals surface area contributed by atoms with Gasteiger partial charge in [0.05, 0.1) is 6.54 Å². The number of hydrogen-bond donors (Lipinski definition) is 1. The van der Waals surface area contributed by atoms with Crippen LogP contribution in [0.2, 0.25) is 0 Å². The molecule has 0 aliphatic carbocycles. The molecule has 0 aromatic carbocycles. The lowest BCUT2D eigenvalue weighted by Gasteiger charge is -2.25. The lowest BCUT2D eigenvalue weighted by Crippen LogP contribution is -2.43. The zero-order chi connectivity index (χ0) is 10.8. The standard InChI is InChI=1S/C10H14N6.ClH/c1-2-12-10-13-9(14-16(10)5-1)8-15-6-3-11-4-7-15;/h1-2,5,11H,3-4,6-8H2;1H. The smallest absolute Gasteiger partial charge is 0.252 e. The van der Waals surface area contributed by atoms with Gasteiger partial charge in [-0.3, -0.25) is 4.90 Å². The number of nitrogens with one attached hydrogen (secondary N) is 1. The lowest BCUT2D eigenvalue weighted by molar-refractivity contribution is 0.228. The molecule has 0 unspecified atom stereocenters. The van der Waals surface area contributed by atoms with Crippen molar-refractivity contribution in [2.45, 2.75) is 6.54 Å². The SMILES string of the molecule is Cl.c1cnc2nc(CN3CCNCC3)nn2c1. The summed E-state index contributed by atoms with van der Waals surface area (Å²) in [5.74, 6) is 1.52. The van der Waals surface area contributed by atoms with E-state index in [-0.39, 0.29) is 12.4 Å². The molecule has 17 heavy (non-hydrogen) atoms. The quantitative estimate of drug-likeness (QED) is 0.815. The van der Waals surface area contributed by atoms with Gasteiger partial charge in [-0.05, 0) is 6.07 Å². The van der Waals surface area contributed by atoms with Gasteiger partial charge in [-0.15, -0.1) is 17.5 Å². The predicted molar refractivity (Wildman–Crippen MR) is 66.2 cm³/mol. The number of halogens is 1. The Morgan fingerprint density at radius 2 is 2.12 bits per heavy atom. The fraction of sp³-hybridized carbons (Fsp3) is 0.500. The second kappa shape index (κ2) is 5.39. The van der Waals surface area contributed by atoms with Gasteiger partial charge >= 0.3 is 0 Å². The Balaban J connectivity index is 0.00000108. The number of aromatic nitrogens is 4. The van der Waals surface area contributed by atoms with Gasteiger partial charge < -0.3 is 5.32 Å². The van der Waals surface area contributed by atoms with Crippen molar-refractivity contribution < 1.29 is 0 Å². The molecule has 3 rings (SSSR count). The summed E-state index contributed by atoms with van der Waals surface area (Å²) in [6.07, 6.45) is 3.61. The van der Waals surface area contributed by atoms with Crippen molar-refractivity contribution in [3.63, 3.8) is 0 Å². The Kier molecular flexibility index (Phi) is 3.88. The summed E-state index contributed by atoms with van der Waals surface area (Å²) < 4.78 is 1.72. The second-order valence-electron chi connectivity index (χ2n) is 3.92. The van der Waals surface area contributed by atoms with E-state index in [1.807, 2.05) is 12.3 Å². The molecule has 0 spiro atoms. The average Bonchev–Trinajstić information content (AvgIpc) is 2.72. The first-order valence-corrected chi connectivity index (χ1v) is 5.51. The van der Waals surface area contributed by atoms with E-state index < -0.39 is 0 Å². The van der Waals surface area contributed by atoms with Crippen molar-refractivity contribution >= 4 is 18.2 Å². The molecule has 0 radical (unpaired) electrons. The van der Waals surface area contributed by atoms with Crippen molar-refractivity contribution in [3.05, 3.63) is 24.3 Å². The minimum Gasteiger partial charge on any atom is -0.314 e. The van der Waals surface area contributed by atoms with Crippen LogP contribution in [0.25, 0.3) is 5.78 Å². The first-order valence-electron chi connectivity index (χ1n) is 5.51. The van der Waals surface area contributed by atoms with Gasteiger partial charge in [0.1, 0.15) is 0 Å². The van der Waals surface area contributed by atoms with Crippen molar-refractivity contribution in [1.82, 2.24) is 29.8 Å². The molecule has 1 aliphatic heterocycles. The fourth-order valence-electron chi connectivity index (χ4n) is 1.91. The molecule has 1 fully saturated rings. The minimum atomic E-state index is 0. The number of piperazine rings is 1. The van der Waals surface area contributed by atoms with Crippen LogP contribution in [0.4, 0.5) is 0 Å². The largest absolute Gasteiger partial charge is 0.314 e. The zero-order valence-electron chi connectivity index (χ0n) is 9.41. The summed E-state index contributed by atoms with van der Waals surface area (Å²) in [5.41, 5.74) is 0. The van der Waals surface area contributed by atoms with Gasteiger partial charge in [0.25, 0.3) is 5.78 Å². The van der Waals surface area contributed by atoms with Gasteiger partial charge in [-0.25, -0.2) is 9.50 Å². The molecule has 92 valence electrons. The number of fused-ring (bicyclic) bond motifs is 1. The van der Waals surface area contributed by atoms with Crippen LogP contribution < -0.4 is 5.32 Å². The van der Waals surface area contributed by atoms with Crippen molar-refractivity contribution in [3.8, 4) is 0 Å². The molecular formula is C10H15ClN6. The summed E-state index contributed by atoms with van der Waals surface area (Å²) in [6.45, 7) is 5.02. The van der Waals surface area contributed by atoms with Crippen LogP contribution in [0.15, 0.2) is 18.5 Å². The van der Waals surface area contributed by atoms with Crippen molar-refractivity contribution in [2.24, 2.45) is 0 Å². The first-order chi connectivity index (χ1) is 7.92. The molecule has 2 aromatic heterocycles. The fourth-order valence-corrected chi connectivity index (χ4v) is 1.91. The van der Waals surface area contributed by atoms with Crippen LogP contribution in [0.3, 0.4) is 0 Å². The highest BCUT2D eigenvalue weighted by Crippen LogP contribution is 2.02. The van der Waals surface area contributed by atoms with Crippen LogP contribution in [0.5, 0.6) is 0 Å². The summed E-state index contributed by atoms with van der Waals surface area (Å²) in [6, 6.07) is 1.86. The highest BCUT2D eigenvalue weighted by Gasteiger charge is 2.12. The Hall–Kier alpha value is -1.24. The van der Waals surface area contributed by atoms with E-state index in [0.717, 1.165) is 38.5 Å². The third kappa shape index (κ3) is 2.71. The van der Waals surface area contributed by atoms with Crippen LogP contribution in [0.1, 0.15) is 5.82 Å². The normalized spacial score (nSPS) is 16.9. The summed E-state index contributed by atoms with van der Waals surface area (Å²) >= 11 is 0. The monoisotopic (exact) mass is 254 g/mol. The maximum absolute atomic E-state index is 4.39. The average molecular weight is 255 g/mol. The Bertz CT molecular complexity index is 445. The zero-order valence-corrected chi connectivity index (χ0v) is 10.2. The van der Waals surface area contributed by atoms with Crippen LogP contribution in [-0.2, 0) is 6.54 Å². The van der Waals surface area contributed by atoms with Crippen molar-refractivity contribution in [2.75, 3.05) is 26.2 Å². The summed E-state index contributed by atoms with van der Waals surface area (Å²) in [7, 11) is 0. The predicted octanol–water partition coefficient (Wildman–Crippen LogP) is -0.0487. The van der Waals surface area contributed by atoms with Gasteiger partial charge in [0.2, 0.25) is 0 Å². The molecule has 7 heteroatoms. The summed E-state index contributed by atoms with van der Waals surface area (Å²) in [5, 5.41) is 7.71. The molecule has 1 N–H and O–H groups in total. The molecule has 1 aliphatic rings. The van der Waals surface area contributed by atoms with E-state index in [9.17, 15) is 0 Å². The number of hydrogen-bond acceptors (Lipinski definition) is 5. The molecule has 1 saturated heterocycles. The van der Waals surface area contributed by atoms with Crippen LogP contribution >= 0.6 is 12.4 Å². The van der Waals surface area contributed by atoms with E-state index >= 15 is 0 Å². The highest BCUT2D eigenvalue weighted by molar-refractivity contribution is 5.85. The third-order valence-corrected chi connectivity index (χ3v) is 2.74. The molecular weight excluding hydrogens is 240 g/mol. The van der Waals surface area contributed by atoms with Gasteiger partial charge in [0.15, 0.2) is 5.82 Å². The Morgan fingerprint density at radius 1 is 1.29 bits per heavy atom. The second-order valence-corrected chi connectivity index (χ2v) is 3.92. The third-order valence-electron chi connectivity index (χ3n) is 2.74. The number of rotatable bonds is 2.